The number of carbonyl (C=O) groups excluding carboxylic acids is 2. The molecule has 1 aromatic rings. The number of hydrogen-bond acceptors (Lipinski definition) is 3. The molecule has 1 N–H and O–H groups in total. The van der Waals surface area contributed by atoms with Crippen LogP contribution in [0.4, 0.5) is 0 Å². The van der Waals surface area contributed by atoms with Gasteiger partial charge in [0.15, 0.2) is 0 Å². The molecule has 2 fully saturated rings. The zero-order valence-corrected chi connectivity index (χ0v) is 16.4. The maximum absolute atomic E-state index is 13.5. The predicted molar refractivity (Wildman–Crippen MR) is 103 cm³/mol. The second-order valence-corrected chi connectivity index (χ2v) is 8.86. The number of rotatable bonds is 3. The molecule has 0 aromatic heterocycles. The third kappa shape index (κ3) is 3.16. The minimum absolute atomic E-state index is 0.0381. The van der Waals surface area contributed by atoms with Crippen molar-refractivity contribution in [3.8, 4) is 0 Å². The van der Waals surface area contributed by atoms with Crippen LogP contribution in [0.2, 0.25) is 0 Å². The molecule has 0 unspecified atom stereocenters. The molecule has 1 aromatic carbocycles. The van der Waals surface area contributed by atoms with Gasteiger partial charge in [-0.15, -0.1) is 0 Å². The Morgan fingerprint density at radius 2 is 2.00 bits per heavy atom. The lowest BCUT2D eigenvalue weighted by Gasteiger charge is -2.48. The van der Waals surface area contributed by atoms with Gasteiger partial charge in [-0.2, -0.15) is 0 Å². The summed E-state index contributed by atoms with van der Waals surface area (Å²) in [5.74, 6) is 0.216. The minimum atomic E-state index is -0.595. The highest BCUT2D eigenvalue weighted by Gasteiger charge is 2.46. The fourth-order valence-electron chi connectivity index (χ4n) is 5.24. The van der Waals surface area contributed by atoms with Gasteiger partial charge in [0.25, 0.3) is 5.91 Å². The van der Waals surface area contributed by atoms with Crippen LogP contribution in [0.15, 0.2) is 24.3 Å². The molecule has 5 heteroatoms. The van der Waals surface area contributed by atoms with Crippen LogP contribution in [-0.4, -0.2) is 51.5 Å². The van der Waals surface area contributed by atoms with E-state index in [2.05, 4.69) is 0 Å². The van der Waals surface area contributed by atoms with Crippen molar-refractivity contribution in [3.05, 3.63) is 35.4 Å². The molecule has 2 aliphatic heterocycles. The van der Waals surface area contributed by atoms with E-state index in [1.807, 2.05) is 43.0 Å². The summed E-state index contributed by atoms with van der Waals surface area (Å²) in [6.45, 7) is 5.74. The third-order valence-corrected chi connectivity index (χ3v) is 6.81. The molecule has 0 radical (unpaired) electrons. The summed E-state index contributed by atoms with van der Waals surface area (Å²) in [5.41, 5.74) is 1.12. The van der Waals surface area contributed by atoms with E-state index in [0.717, 1.165) is 36.8 Å². The first kappa shape index (κ1) is 18.5. The molecule has 2 heterocycles. The zero-order valence-electron chi connectivity index (χ0n) is 16.4. The van der Waals surface area contributed by atoms with Crippen LogP contribution in [0, 0.1) is 11.8 Å². The van der Waals surface area contributed by atoms with E-state index in [0.29, 0.717) is 26.1 Å². The van der Waals surface area contributed by atoms with Gasteiger partial charge in [-0.1, -0.05) is 44.9 Å². The Hall–Kier alpha value is -1.88. The number of nitrogens with zero attached hydrogens (tertiary/aromatic N) is 2. The van der Waals surface area contributed by atoms with Crippen molar-refractivity contribution >= 4 is 11.8 Å². The highest BCUT2D eigenvalue weighted by molar-refractivity contribution is 6.01. The molecule has 146 valence electrons. The summed E-state index contributed by atoms with van der Waals surface area (Å²) in [6, 6.07) is 7.19. The second kappa shape index (κ2) is 6.93. The molecule has 27 heavy (non-hydrogen) atoms. The maximum atomic E-state index is 13.5. The average molecular weight is 370 g/mol. The zero-order chi connectivity index (χ0) is 19.2. The normalized spacial score (nSPS) is 28.9. The van der Waals surface area contributed by atoms with E-state index in [1.54, 1.807) is 4.90 Å². The molecule has 3 aliphatic rings. The smallest absolute Gasteiger partial charge is 0.255 e. The second-order valence-electron chi connectivity index (χ2n) is 8.86. The van der Waals surface area contributed by atoms with Crippen LogP contribution in [0.5, 0.6) is 0 Å². The van der Waals surface area contributed by atoms with Crippen molar-refractivity contribution in [2.24, 2.45) is 11.8 Å². The minimum Gasteiger partial charge on any atom is -0.389 e. The van der Waals surface area contributed by atoms with E-state index in [4.69, 9.17) is 0 Å². The Labute approximate surface area is 161 Å². The van der Waals surface area contributed by atoms with Crippen molar-refractivity contribution < 1.29 is 14.7 Å². The lowest BCUT2D eigenvalue weighted by Crippen LogP contribution is -2.59. The summed E-state index contributed by atoms with van der Waals surface area (Å²) < 4.78 is 0. The number of hydrogen-bond donors (Lipinski definition) is 1. The summed E-state index contributed by atoms with van der Waals surface area (Å²) in [7, 11) is 0. The van der Waals surface area contributed by atoms with E-state index < -0.39 is 11.6 Å². The van der Waals surface area contributed by atoms with Gasteiger partial charge in [0.2, 0.25) is 5.91 Å². The molecule has 1 saturated carbocycles. The first-order valence-electron chi connectivity index (χ1n) is 10.3. The quantitative estimate of drug-likeness (QED) is 0.890. The first-order chi connectivity index (χ1) is 12.9. The fourth-order valence-corrected chi connectivity index (χ4v) is 5.24. The Morgan fingerprint density at radius 1 is 1.22 bits per heavy atom. The highest BCUT2D eigenvalue weighted by atomic mass is 16.3. The highest BCUT2D eigenvalue weighted by Crippen LogP contribution is 2.40. The molecule has 0 spiro atoms. The van der Waals surface area contributed by atoms with Gasteiger partial charge < -0.3 is 14.9 Å². The van der Waals surface area contributed by atoms with E-state index in [1.165, 1.54) is 0 Å². The van der Waals surface area contributed by atoms with Crippen molar-refractivity contribution in [1.29, 1.82) is 0 Å². The largest absolute Gasteiger partial charge is 0.389 e. The summed E-state index contributed by atoms with van der Waals surface area (Å²) in [5, 5.41) is 10.9. The average Bonchev–Trinajstić information content (AvgIpc) is 2.97. The molecule has 3 atom stereocenters. The number of amides is 2. The number of benzene rings is 1. The first-order valence-corrected chi connectivity index (χ1v) is 10.3. The van der Waals surface area contributed by atoms with Crippen molar-refractivity contribution in [2.75, 3.05) is 13.1 Å². The molecule has 0 bridgehead atoms. The Kier molecular flexibility index (Phi) is 4.75. The van der Waals surface area contributed by atoms with Gasteiger partial charge in [0.05, 0.1) is 5.60 Å². The number of likely N-dealkylation sites (tertiary alicyclic amines) is 1. The van der Waals surface area contributed by atoms with Gasteiger partial charge in [-0.3, -0.25) is 9.59 Å². The van der Waals surface area contributed by atoms with Gasteiger partial charge in [-0.25, -0.2) is 0 Å². The predicted octanol–water partition coefficient (Wildman–Crippen LogP) is 2.82. The standard InChI is InChI=1S/C22H30N2O3/c1-15(2)19(24-13-16-7-3-4-9-18(16)20(24)25)21(26)23-12-11-22(27)10-6-5-8-17(22)14-23/h3-4,7,9,15,17,19,27H,5-6,8,10-14H2,1-2H3/t17-,19+,22+/m1/s1. The number of fused-ring (bicyclic) bond motifs is 2. The Morgan fingerprint density at radius 3 is 2.74 bits per heavy atom. The van der Waals surface area contributed by atoms with Crippen LogP contribution in [-0.2, 0) is 11.3 Å². The van der Waals surface area contributed by atoms with E-state index in [-0.39, 0.29) is 23.7 Å². The van der Waals surface area contributed by atoms with E-state index >= 15 is 0 Å². The monoisotopic (exact) mass is 370 g/mol. The number of aliphatic hydroxyl groups is 1. The molecule has 5 nitrogen and oxygen atoms in total. The third-order valence-electron chi connectivity index (χ3n) is 6.81. The lowest BCUT2D eigenvalue weighted by atomic mass is 9.71. The van der Waals surface area contributed by atoms with Crippen LogP contribution < -0.4 is 0 Å². The molecule has 1 saturated heterocycles. The van der Waals surface area contributed by atoms with Crippen molar-refractivity contribution in [2.45, 2.75) is 64.1 Å². The summed E-state index contributed by atoms with van der Waals surface area (Å²) >= 11 is 0. The number of piperidine rings is 1. The summed E-state index contributed by atoms with van der Waals surface area (Å²) in [6.07, 6.45) is 4.70. The summed E-state index contributed by atoms with van der Waals surface area (Å²) in [4.78, 5) is 30.0. The lowest BCUT2D eigenvalue weighted by molar-refractivity contribution is -0.149. The molecular weight excluding hydrogens is 340 g/mol. The van der Waals surface area contributed by atoms with Crippen LogP contribution in [0.3, 0.4) is 0 Å². The van der Waals surface area contributed by atoms with Gasteiger partial charge in [0, 0.05) is 31.1 Å². The van der Waals surface area contributed by atoms with Gasteiger partial charge in [-0.05, 0) is 36.8 Å². The fraction of sp³-hybridized carbons (Fsp3) is 0.636. The van der Waals surface area contributed by atoms with Crippen LogP contribution in [0.25, 0.3) is 0 Å². The van der Waals surface area contributed by atoms with E-state index in [9.17, 15) is 14.7 Å². The Bertz CT molecular complexity index is 747. The molecule has 4 rings (SSSR count). The number of carbonyl (C=O) groups is 2. The van der Waals surface area contributed by atoms with Crippen molar-refractivity contribution in [1.82, 2.24) is 9.80 Å². The topological polar surface area (TPSA) is 60.9 Å². The maximum Gasteiger partial charge on any atom is 0.255 e. The molecule has 2 amide bonds. The Balaban J connectivity index is 1.53. The van der Waals surface area contributed by atoms with Gasteiger partial charge >= 0.3 is 0 Å². The van der Waals surface area contributed by atoms with Crippen LogP contribution >= 0.6 is 0 Å². The van der Waals surface area contributed by atoms with Gasteiger partial charge in [0.1, 0.15) is 6.04 Å². The molecule has 1 aliphatic carbocycles. The van der Waals surface area contributed by atoms with Crippen molar-refractivity contribution in [3.63, 3.8) is 0 Å². The molecular formula is C22H30N2O3. The SMILES string of the molecule is CC(C)[C@@H](C(=O)N1CC[C@@]2(O)CCCC[C@@H]2C1)N1Cc2ccccc2C1=O. The van der Waals surface area contributed by atoms with Crippen LogP contribution in [0.1, 0.15) is 61.9 Å².